The molecule has 35 heavy (non-hydrogen) atoms. The van der Waals surface area contributed by atoms with Crippen LogP contribution in [-0.2, 0) is 16.0 Å². The predicted molar refractivity (Wildman–Crippen MR) is 131 cm³/mol. The lowest BCUT2D eigenvalue weighted by molar-refractivity contribution is -0.137. The molecule has 180 valence electrons. The van der Waals surface area contributed by atoms with Crippen molar-refractivity contribution in [3.63, 3.8) is 0 Å². The minimum atomic E-state index is -0.930. The molecule has 0 saturated heterocycles. The third-order valence-electron chi connectivity index (χ3n) is 6.46. The summed E-state index contributed by atoms with van der Waals surface area (Å²) in [6.07, 6.45) is 1.20. The third kappa shape index (κ3) is 5.05. The molecule has 9 heteroatoms. The van der Waals surface area contributed by atoms with E-state index >= 15 is 0 Å². The lowest BCUT2D eigenvalue weighted by atomic mass is 9.98. The standard InChI is InChI=1S/C26H25N3O5S/c30-23(31)13-26(10-11-26)29-24(32)21-15-35-22(28-21)9-12-27-25(33)34-14-20-18-7-3-1-5-16(18)17-6-2-4-8-19(17)20/h1-8,15,20H,9-14H2,(H,27,33)(H,29,32)(H,30,31). The van der Waals surface area contributed by atoms with Crippen LogP contribution in [0, 0.1) is 0 Å². The van der Waals surface area contributed by atoms with Gasteiger partial charge in [-0.15, -0.1) is 11.3 Å². The van der Waals surface area contributed by atoms with E-state index in [1.54, 1.807) is 5.38 Å². The molecule has 0 aliphatic heterocycles. The number of aliphatic carboxylic acids is 1. The Morgan fingerprint density at radius 3 is 2.34 bits per heavy atom. The highest BCUT2D eigenvalue weighted by Crippen LogP contribution is 2.44. The number of hydrogen-bond donors (Lipinski definition) is 3. The summed E-state index contributed by atoms with van der Waals surface area (Å²) in [5.74, 6) is -1.29. The molecule has 5 rings (SSSR count). The van der Waals surface area contributed by atoms with Crippen LogP contribution >= 0.6 is 11.3 Å². The Labute approximate surface area is 206 Å². The average Bonchev–Trinajstić information content (AvgIpc) is 3.28. The fraction of sp³-hybridized carbons (Fsp3) is 0.308. The highest BCUT2D eigenvalue weighted by atomic mass is 32.1. The van der Waals surface area contributed by atoms with E-state index in [-0.39, 0.29) is 30.5 Å². The fourth-order valence-corrected chi connectivity index (χ4v) is 5.32. The maximum Gasteiger partial charge on any atom is 0.407 e. The summed E-state index contributed by atoms with van der Waals surface area (Å²) in [5.41, 5.74) is 4.30. The first-order chi connectivity index (χ1) is 16.9. The number of carbonyl (C=O) groups excluding carboxylic acids is 2. The van der Waals surface area contributed by atoms with E-state index in [2.05, 4.69) is 39.9 Å². The first-order valence-corrected chi connectivity index (χ1v) is 12.4. The van der Waals surface area contributed by atoms with Crippen molar-refractivity contribution in [2.45, 2.75) is 37.1 Å². The zero-order valence-corrected chi connectivity index (χ0v) is 19.8. The van der Waals surface area contributed by atoms with Crippen LogP contribution in [0.1, 0.15) is 51.8 Å². The number of carbonyl (C=O) groups is 3. The molecular formula is C26H25N3O5S. The van der Waals surface area contributed by atoms with Gasteiger partial charge in [0, 0.05) is 24.3 Å². The van der Waals surface area contributed by atoms with Crippen LogP contribution in [-0.4, -0.2) is 46.8 Å². The largest absolute Gasteiger partial charge is 0.481 e. The smallest absolute Gasteiger partial charge is 0.407 e. The van der Waals surface area contributed by atoms with Gasteiger partial charge in [0.05, 0.1) is 17.0 Å². The van der Waals surface area contributed by atoms with Crippen LogP contribution in [0.5, 0.6) is 0 Å². The summed E-state index contributed by atoms with van der Waals surface area (Å²) in [6.45, 7) is 0.577. The number of thiazole rings is 1. The first kappa shape index (κ1) is 23.0. The molecule has 3 N–H and O–H groups in total. The Morgan fingerprint density at radius 2 is 1.71 bits per heavy atom. The number of nitrogens with one attached hydrogen (secondary N) is 2. The molecule has 1 aromatic heterocycles. The SMILES string of the molecule is O=C(O)CC1(NC(=O)c2csc(CCNC(=O)OCC3c4ccccc4-c4ccccc43)n2)CC1. The number of ether oxygens (including phenoxy) is 1. The zero-order chi connectivity index (χ0) is 24.4. The number of amides is 2. The van der Waals surface area contributed by atoms with E-state index in [4.69, 9.17) is 9.84 Å². The van der Waals surface area contributed by atoms with Crippen LogP contribution in [0.4, 0.5) is 4.79 Å². The maximum atomic E-state index is 12.4. The molecular weight excluding hydrogens is 466 g/mol. The highest BCUT2D eigenvalue weighted by Gasteiger charge is 2.46. The molecule has 0 radical (unpaired) electrons. The van der Waals surface area contributed by atoms with E-state index in [0.29, 0.717) is 30.8 Å². The van der Waals surface area contributed by atoms with Gasteiger partial charge in [-0.3, -0.25) is 9.59 Å². The molecule has 1 heterocycles. The van der Waals surface area contributed by atoms with Gasteiger partial charge in [-0.25, -0.2) is 9.78 Å². The molecule has 1 saturated carbocycles. The normalized spacial score (nSPS) is 15.1. The van der Waals surface area contributed by atoms with Gasteiger partial charge in [0.1, 0.15) is 12.3 Å². The number of hydrogen-bond acceptors (Lipinski definition) is 6. The van der Waals surface area contributed by atoms with Crippen molar-refractivity contribution in [1.29, 1.82) is 0 Å². The molecule has 0 bridgehead atoms. The number of nitrogens with zero attached hydrogens (tertiary/aromatic N) is 1. The van der Waals surface area contributed by atoms with Gasteiger partial charge < -0.3 is 20.5 Å². The molecule has 0 unspecified atom stereocenters. The number of rotatable bonds is 9. The third-order valence-corrected chi connectivity index (χ3v) is 7.37. The quantitative estimate of drug-likeness (QED) is 0.417. The van der Waals surface area contributed by atoms with E-state index < -0.39 is 17.6 Å². The Kier molecular flexibility index (Phi) is 6.25. The first-order valence-electron chi connectivity index (χ1n) is 11.5. The second-order valence-corrected chi connectivity index (χ2v) is 9.88. The van der Waals surface area contributed by atoms with Gasteiger partial charge in [0.2, 0.25) is 0 Å². The molecule has 0 spiro atoms. The minimum absolute atomic E-state index is 0.00377. The molecule has 2 aliphatic carbocycles. The number of carboxylic acid groups (broad SMARTS) is 1. The van der Waals surface area contributed by atoms with Gasteiger partial charge >= 0.3 is 12.1 Å². The topological polar surface area (TPSA) is 118 Å². The van der Waals surface area contributed by atoms with E-state index in [9.17, 15) is 14.4 Å². The van der Waals surface area contributed by atoms with Crippen molar-refractivity contribution in [3.8, 4) is 11.1 Å². The van der Waals surface area contributed by atoms with Crippen molar-refractivity contribution < 1.29 is 24.2 Å². The Hall–Kier alpha value is -3.72. The van der Waals surface area contributed by atoms with Gasteiger partial charge in [0.25, 0.3) is 5.91 Å². The summed E-state index contributed by atoms with van der Waals surface area (Å²) in [7, 11) is 0. The Balaban J connectivity index is 1.09. The molecule has 2 aliphatic rings. The summed E-state index contributed by atoms with van der Waals surface area (Å²) < 4.78 is 5.54. The number of fused-ring (bicyclic) bond motifs is 3. The summed E-state index contributed by atoms with van der Waals surface area (Å²) in [5, 5.41) is 16.9. The van der Waals surface area contributed by atoms with Gasteiger partial charge in [0.15, 0.2) is 0 Å². The van der Waals surface area contributed by atoms with Crippen LogP contribution in [0.15, 0.2) is 53.9 Å². The molecule has 1 fully saturated rings. The van der Waals surface area contributed by atoms with Gasteiger partial charge in [-0.2, -0.15) is 0 Å². The van der Waals surface area contributed by atoms with Gasteiger partial charge in [-0.1, -0.05) is 48.5 Å². The summed E-state index contributed by atoms with van der Waals surface area (Å²) in [6, 6.07) is 16.3. The lowest BCUT2D eigenvalue weighted by Gasteiger charge is -2.14. The van der Waals surface area contributed by atoms with Crippen molar-refractivity contribution in [1.82, 2.24) is 15.6 Å². The molecule has 0 atom stereocenters. The van der Waals surface area contributed by atoms with Crippen LogP contribution in [0.3, 0.4) is 0 Å². The maximum absolute atomic E-state index is 12.4. The van der Waals surface area contributed by atoms with Crippen molar-refractivity contribution in [2.24, 2.45) is 0 Å². The summed E-state index contributed by atoms with van der Waals surface area (Å²) in [4.78, 5) is 40.0. The van der Waals surface area contributed by atoms with Crippen LogP contribution in [0.25, 0.3) is 11.1 Å². The van der Waals surface area contributed by atoms with Crippen LogP contribution < -0.4 is 10.6 Å². The zero-order valence-electron chi connectivity index (χ0n) is 19.0. The highest BCUT2D eigenvalue weighted by molar-refractivity contribution is 7.09. The average molecular weight is 492 g/mol. The molecule has 2 aromatic carbocycles. The number of carboxylic acids is 1. The Morgan fingerprint density at radius 1 is 1.06 bits per heavy atom. The second kappa shape index (κ2) is 9.50. The van der Waals surface area contributed by atoms with Crippen molar-refractivity contribution in [2.75, 3.05) is 13.2 Å². The molecule has 8 nitrogen and oxygen atoms in total. The van der Waals surface area contributed by atoms with Crippen LogP contribution in [0.2, 0.25) is 0 Å². The Bertz CT molecular complexity index is 1240. The number of aromatic nitrogens is 1. The van der Waals surface area contributed by atoms with Crippen molar-refractivity contribution >= 4 is 29.3 Å². The monoisotopic (exact) mass is 491 g/mol. The number of benzene rings is 2. The molecule has 2 amide bonds. The minimum Gasteiger partial charge on any atom is -0.481 e. The summed E-state index contributed by atoms with van der Waals surface area (Å²) >= 11 is 1.33. The fourth-order valence-electron chi connectivity index (χ4n) is 4.54. The number of alkyl carbamates (subject to hydrolysis) is 1. The van der Waals surface area contributed by atoms with Gasteiger partial charge in [-0.05, 0) is 35.1 Å². The van der Waals surface area contributed by atoms with E-state index in [1.807, 2.05) is 24.3 Å². The van der Waals surface area contributed by atoms with E-state index in [1.165, 1.54) is 22.5 Å². The second-order valence-electron chi connectivity index (χ2n) is 8.93. The lowest BCUT2D eigenvalue weighted by Crippen LogP contribution is -2.38. The van der Waals surface area contributed by atoms with E-state index in [0.717, 1.165) is 11.1 Å². The predicted octanol–water partition coefficient (Wildman–Crippen LogP) is 3.96. The molecule has 3 aromatic rings. The van der Waals surface area contributed by atoms with Crippen molar-refractivity contribution in [3.05, 3.63) is 75.7 Å².